The number of nitrogens with one attached hydrogen (secondary N) is 1. The molecule has 0 heterocycles. The minimum Gasteiger partial charge on any atom is -0.496 e. The predicted molar refractivity (Wildman–Crippen MR) is 101 cm³/mol. The number of methoxy groups -OCH3 is 1. The van der Waals surface area contributed by atoms with Gasteiger partial charge in [-0.05, 0) is 31.6 Å². The molecule has 0 aliphatic carbocycles. The van der Waals surface area contributed by atoms with Gasteiger partial charge in [0.1, 0.15) is 5.75 Å². The lowest BCUT2D eigenvalue weighted by atomic mass is 10.1. The second-order valence-corrected chi connectivity index (χ2v) is 5.86. The number of aryl methyl sites for hydroxylation is 1. The maximum absolute atomic E-state index is 12.1. The molecule has 2 aromatic rings. The van der Waals surface area contributed by atoms with Crippen molar-refractivity contribution < 1.29 is 19.1 Å². The van der Waals surface area contributed by atoms with Gasteiger partial charge in [0, 0.05) is 18.2 Å². The summed E-state index contributed by atoms with van der Waals surface area (Å²) in [5, 5.41) is 2.74. The van der Waals surface area contributed by atoms with Gasteiger partial charge in [-0.1, -0.05) is 48.0 Å². The van der Waals surface area contributed by atoms with Gasteiger partial charge in [-0.25, -0.2) is 4.79 Å². The van der Waals surface area contributed by atoms with E-state index < -0.39 is 12.1 Å². The average Bonchev–Trinajstić information content (AvgIpc) is 2.64. The van der Waals surface area contributed by atoms with Gasteiger partial charge in [0.2, 0.25) is 0 Å². The summed E-state index contributed by atoms with van der Waals surface area (Å²) in [4.78, 5) is 24.0. The molecule has 0 aliphatic heterocycles. The summed E-state index contributed by atoms with van der Waals surface area (Å²) in [7, 11) is 1.58. The Bertz CT molecular complexity index is 798. The molecule has 26 heavy (non-hydrogen) atoms. The molecule has 5 heteroatoms. The quantitative estimate of drug-likeness (QED) is 0.613. The van der Waals surface area contributed by atoms with Crippen LogP contribution in [0.3, 0.4) is 0 Å². The molecule has 0 radical (unpaired) electrons. The number of hydrogen-bond acceptors (Lipinski definition) is 4. The van der Waals surface area contributed by atoms with Gasteiger partial charge in [-0.15, -0.1) is 0 Å². The summed E-state index contributed by atoms with van der Waals surface area (Å²) in [6, 6.07) is 15.1. The summed E-state index contributed by atoms with van der Waals surface area (Å²) < 4.78 is 10.4. The first-order valence-corrected chi connectivity index (χ1v) is 8.34. The van der Waals surface area contributed by atoms with E-state index in [1.807, 2.05) is 55.5 Å². The summed E-state index contributed by atoms with van der Waals surface area (Å²) in [5.41, 5.74) is 2.85. The Balaban J connectivity index is 1.85. The zero-order valence-corrected chi connectivity index (χ0v) is 15.2. The van der Waals surface area contributed by atoms with Gasteiger partial charge in [0.15, 0.2) is 6.10 Å². The van der Waals surface area contributed by atoms with Gasteiger partial charge < -0.3 is 14.8 Å². The highest BCUT2D eigenvalue weighted by atomic mass is 16.5. The van der Waals surface area contributed by atoms with E-state index in [0.717, 1.165) is 16.7 Å². The Morgan fingerprint density at radius 1 is 1.15 bits per heavy atom. The first-order valence-electron chi connectivity index (χ1n) is 8.34. The molecular weight excluding hydrogens is 330 g/mol. The standard InChI is InChI=1S/C21H23NO4/c1-15-7-6-8-17(13-15)11-12-20(23)26-16(2)21(24)22-14-18-9-4-5-10-19(18)25-3/h4-13,16H,14H2,1-3H3,(H,22,24)/b12-11+/t16-/m0/s1. The molecule has 0 aromatic heterocycles. The Hall–Kier alpha value is -3.08. The second kappa shape index (κ2) is 9.42. The summed E-state index contributed by atoms with van der Waals surface area (Å²) in [6.45, 7) is 3.81. The van der Waals surface area contributed by atoms with Crippen molar-refractivity contribution in [2.75, 3.05) is 7.11 Å². The van der Waals surface area contributed by atoms with Crippen LogP contribution in [0.2, 0.25) is 0 Å². The molecule has 2 aromatic carbocycles. The molecular formula is C21H23NO4. The van der Waals surface area contributed by atoms with Crippen molar-refractivity contribution in [3.8, 4) is 5.75 Å². The monoisotopic (exact) mass is 353 g/mol. The molecule has 5 nitrogen and oxygen atoms in total. The highest BCUT2D eigenvalue weighted by molar-refractivity contribution is 5.90. The van der Waals surface area contributed by atoms with E-state index in [9.17, 15) is 9.59 Å². The van der Waals surface area contributed by atoms with Gasteiger partial charge >= 0.3 is 5.97 Å². The molecule has 0 saturated heterocycles. The van der Waals surface area contributed by atoms with E-state index >= 15 is 0 Å². The number of rotatable bonds is 7. The lowest BCUT2D eigenvalue weighted by molar-refractivity contribution is -0.150. The smallest absolute Gasteiger partial charge is 0.331 e. The Labute approximate surface area is 153 Å². The predicted octanol–water partition coefficient (Wildman–Crippen LogP) is 3.26. The van der Waals surface area contributed by atoms with Crippen LogP contribution in [0.25, 0.3) is 6.08 Å². The summed E-state index contributed by atoms with van der Waals surface area (Å²) in [5.74, 6) is -0.238. The van der Waals surface area contributed by atoms with Crippen molar-refractivity contribution >= 4 is 18.0 Å². The Morgan fingerprint density at radius 2 is 1.92 bits per heavy atom. The van der Waals surface area contributed by atoms with Crippen LogP contribution in [0, 0.1) is 6.92 Å². The number of esters is 1. The normalized spacial score (nSPS) is 11.8. The third-order valence-corrected chi connectivity index (χ3v) is 3.76. The highest BCUT2D eigenvalue weighted by Crippen LogP contribution is 2.16. The molecule has 1 N–H and O–H groups in total. The molecule has 0 saturated carbocycles. The van der Waals surface area contributed by atoms with Gasteiger partial charge in [-0.2, -0.15) is 0 Å². The van der Waals surface area contributed by atoms with Crippen molar-refractivity contribution in [3.63, 3.8) is 0 Å². The maximum Gasteiger partial charge on any atom is 0.331 e. The minimum absolute atomic E-state index is 0.296. The minimum atomic E-state index is -0.889. The average molecular weight is 353 g/mol. The third-order valence-electron chi connectivity index (χ3n) is 3.76. The third kappa shape index (κ3) is 5.77. The van der Waals surface area contributed by atoms with Crippen LogP contribution in [0.4, 0.5) is 0 Å². The first kappa shape index (κ1) is 19.2. The van der Waals surface area contributed by atoms with Gasteiger partial charge in [0.25, 0.3) is 5.91 Å². The van der Waals surface area contributed by atoms with Crippen LogP contribution in [0.5, 0.6) is 5.75 Å². The van der Waals surface area contributed by atoms with Crippen LogP contribution in [0.1, 0.15) is 23.6 Å². The number of amides is 1. The van der Waals surface area contributed by atoms with Crippen LogP contribution in [-0.4, -0.2) is 25.1 Å². The van der Waals surface area contributed by atoms with Gasteiger partial charge in [-0.3, -0.25) is 4.79 Å². The zero-order valence-electron chi connectivity index (χ0n) is 15.2. The second-order valence-electron chi connectivity index (χ2n) is 5.86. The topological polar surface area (TPSA) is 64.6 Å². The number of hydrogen-bond donors (Lipinski definition) is 1. The fraction of sp³-hybridized carbons (Fsp3) is 0.238. The molecule has 0 fully saturated rings. The first-order chi connectivity index (χ1) is 12.5. The van der Waals surface area contributed by atoms with Crippen LogP contribution < -0.4 is 10.1 Å². The number of ether oxygens (including phenoxy) is 2. The van der Waals surface area contributed by atoms with Crippen molar-refractivity contribution in [3.05, 3.63) is 71.3 Å². The van der Waals surface area contributed by atoms with Gasteiger partial charge in [0.05, 0.1) is 7.11 Å². The largest absolute Gasteiger partial charge is 0.496 e. The molecule has 1 atom stereocenters. The Kier molecular flexibility index (Phi) is 6.97. The number of carbonyl (C=O) groups is 2. The van der Waals surface area contributed by atoms with Crippen molar-refractivity contribution in [1.29, 1.82) is 0 Å². The molecule has 0 spiro atoms. The van der Waals surface area contributed by atoms with Crippen molar-refractivity contribution in [1.82, 2.24) is 5.32 Å². The van der Waals surface area contributed by atoms with Crippen LogP contribution in [0.15, 0.2) is 54.6 Å². The lowest BCUT2D eigenvalue weighted by Crippen LogP contribution is -2.35. The van der Waals surface area contributed by atoms with E-state index in [0.29, 0.717) is 12.3 Å². The molecule has 136 valence electrons. The van der Waals surface area contributed by atoms with E-state index in [-0.39, 0.29) is 5.91 Å². The van der Waals surface area contributed by atoms with Crippen LogP contribution in [-0.2, 0) is 20.9 Å². The van der Waals surface area contributed by atoms with E-state index in [1.165, 1.54) is 13.0 Å². The molecule has 0 bridgehead atoms. The molecule has 2 rings (SSSR count). The van der Waals surface area contributed by atoms with Crippen LogP contribution >= 0.6 is 0 Å². The number of carbonyl (C=O) groups excluding carboxylic acids is 2. The number of para-hydroxylation sites is 1. The van der Waals surface area contributed by atoms with E-state index in [1.54, 1.807) is 13.2 Å². The SMILES string of the molecule is COc1ccccc1CNC(=O)[C@H](C)OC(=O)/C=C/c1cccc(C)c1. The fourth-order valence-electron chi connectivity index (χ4n) is 2.38. The van der Waals surface area contributed by atoms with E-state index in [4.69, 9.17) is 9.47 Å². The maximum atomic E-state index is 12.1. The van der Waals surface area contributed by atoms with Crippen molar-refractivity contribution in [2.24, 2.45) is 0 Å². The molecule has 0 unspecified atom stereocenters. The zero-order chi connectivity index (χ0) is 18.9. The lowest BCUT2D eigenvalue weighted by Gasteiger charge is -2.13. The fourth-order valence-corrected chi connectivity index (χ4v) is 2.38. The summed E-state index contributed by atoms with van der Waals surface area (Å²) >= 11 is 0. The van der Waals surface area contributed by atoms with Crippen molar-refractivity contribution in [2.45, 2.75) is 26.5 Å². The summed E-state index contributed by atoms with van der Waals surface area (Å²) in [6.07, 6.45) is 2.09. The molecule has 0 aliphatic rings. The highest BCUT2D eigenvalue weighted by Gasteiger charge is 2.16. The number of benzene rings is 2. The Morgan fingerprint density at radius 3 is 2.65 bits per heavy atom. The molecule has 1 amide bonds. The van der Waals surface area contributed by atoms with E-state index in [2.05, 4.69) is 5.32 Å².